The van der Waals surface area contributed by atoms with E-state index in [0.717, 1.165) is 4.47 Å². The summed E-state index contributed by atoms with van der Waals surface area (Å²) in [5.41, 5.74) is 6.71. The first-order valence-corrected chi connectivity index (χ1v) is 8.27. The van der Waals surface area contributed by atoms with Gasteiger partial charge >= 0.3 is 0 Å². The van der Waals surface area contributed by atoms with Crippen molar-refractivity contribution in [2.24, 2.45) is 0 Å². The molecule has 0 amide bonds. The third-order valence-electron chi connectivity index (χ3n) is 2.83. The number of anilines is 1. The molecule has 0 aliphatic rings. The number of hydrogen-bond donors (Lipinski definition) is 1. The van der Waals surface area contributed by atoms with Gasteiger partial charge in [-0.25, -0.2) is 8.42 Å². The minimum atomic E-state index is -3.44. The molecule has 0 unspecified atom stereocenters. The molecule has 0 radical (unpaired) electrons. The van der Waals surface area contributed by atoms with Crippen molar-refractivity contribution in [1.29, 1.82) is 0 Å². The molecule has 2 aromatic carbocycles. The molecule has 0 heterocycles. The smallest absolute Gasteiger partial charge is 0.182 e. The molecule has 2 aromatic rings. The lowest BCUT2D eigenvalue weighted by Gasteiger charge is -2.10. The number of ether oxygens (including phenoxy) is 1. The highest BCUT2D eigenvalue weighted by molar-refractivity contribution is 9.10. The maximum atomic E-state index is 12.4. The van der Waals surface area contributed by atoms with Gasteiger partial charge < -0.3 is 10.5 Å². The Hall–Kier alpha value is -1.53. The lowest BCUT2D eigenvalue weighted by Crippen LogP contribution is -2.06. The predicted octanol–water partition coefficient (Wildman–Crippen LogP) is 3.01. The van der Waals surface area contributed by atoms with Gasteiger partial charge in [-0.1, -0.05) is 15.9 Å². The maximum absolute atomic E-state index is 12.4. The number of sulfone groups is 1. The summed E-state index contributed by atoms with van der Waals surface area (Å²) in [7, 11) is -1.92. The largest absolute Gasteiger partial charge is 0.496 e. The molecule has 2 N–H and O–H groups in total. The fraction of sp³-hybridized carbons (Fsp3) is 0.143. The first-order valence-electron chi connectivity index (χ1n) is 5.83. The Morgan fingerprint density at radius 2 is 1.80 bits per heavy atom. The van der Waals surface area contributed by atoms with Crippen LogP contribution in [0.5, 0.6) is 5.75 Å². The Kier molecular flexibility index (Phi) is 4.35. The summed E-state index contributed by atoms with van der Waals surface area (Å²) in [6, 6.07) is 11.4. The van der Waals surface area contributed by atoms with Crippen LogP contribution in [0.25, 0.3) is 0 Å². The van der Waals surface area contributed by atoms with E-state index in [4.69, 9.17) is 10.5 Å². The summed E-state index contributed by atoms with van der Waals surface area (Å²) in [6.07, 6.45) is 0. The molecular weight excluding hydrogens is 342 g/mol. The van der Waals surface area contributed by atoms with Crippen LogP contribution < -0.4 is 10.5 Å². The number of nitrogen functional groups attached to an aromatic ring is 1. The molecule has 2 rings (SSSR count). The number of nitrogens with two attached hydrogens (primary N) is 1. The van der Waals surface area contributed by atoms with E-state index in [9.17, 15) is 8.42 Å². The van der Waals surface area contributed by atoms with E-state index in [1.165, 1.54) is 19.2 Å². The summed E-state index contributed by atoms with van der Waals surface area (Å²) in [5.74, 6) is 0.423. The highest BCUT2D eigenvalue weighted by Crippen LogP contribution is 2.27. The average molecular weight is 356 g/mol. The van der Waals surface area contributed by atoms with E-state index in [2.05, 4.69) is 15.9 Å². The van der Waals surface area contributed by atoms with Crippen molar-refractivity contribution in [1.82, 2.24) is 0 Å². The zero-order valence-electron chi connectivity index (χ0n) is 10.8. The van der Waals surface area contributed by atoms with Gasteiger partial charge in [0.1, 0.15) is 5.75 Å². The number of halogens is 1. The summed E-state index contributed by atoms with van der Waals surface area (Å²) in [4.78, 5) is 0.244. The summed E-state index contributed by atoms with van der Waals surface area (Å²) in [6.45, 7) is 0. The van der Waals surface area contributed by atoms with Crippen LogP contribution >= 0.6 is 15.9 Å². The fourth-order valence-electron chi connectivity index (χ4n) is 1.82. The molecule has 6 heteroatoms. The van der Waals surface area contributed by atoms with Crippen LogP contribution in [0.4, 0.5) is 5.69 Å². The van der Waals surface area contributed by atoms with Crippen LogP contribution in [0.2, 0.25) is 0 Å². The number of hydrogen-bond acceptors (Lipinski definition) is 4. The van der Waals surface area contributed by atoms with E-state index < -0.39 is 9.84 Å². The van der Waals surface area contributed by atoms with Gasteiger partial charge in [0.2, 0.25) is 0 Å². The Labute approximate surface area is 126 Å². The maximum Gasteiger partial charge on any atom is 0.182 e. The van der Waals surface area contributed by atoms with Crippen molar-refractivity contribution in [2.75, 3.05) is 12.8 Å². The lowest BCUT2D eigenvalue weighted by molar-refractivity contribution is 0.411. The first-order chi connectivity index (χ1) is 9.42. The lowest BCUT2D eigenvalue weighted by atomic mass is 10.2. The number of rotatable bonds is 4. The zero-order valence-corrected chi connectivity index (χ0v) is 13.2. The van der Waals surface area contributed by atoms with Crippen molar-refractivity contribution >= 4 is 31.5 Å². The zero-order chi connectivity index (χ0) is 14.8. The first kappa shape index (κ1) is 14.9. The fourth-order valence-corrected chi connectivity index (χ4v) is 3.58. The second-order valence-corrected chi connectivity index (χ2v) is 7.19. The normalized spacial score (nSPS) is 11.3. The quantitative estimate of drug-likeness (QED) is 0.855. The van der Waals surface area contributed by atoms with Gasteiger partial charge in [0.05, 0.1) is 17.8 Å². The molecule has 0 aliphatic carbocycles. The molecule has 0 saturated carbocycles. The predicted molar refractivity (Wildman–Crippen MR) is 82.4 cm³/mol. The third-order valence-corrected chi connectivity index (χ3v) is 5.00. The van der Waals surface area contributed by atoms with E-state index in [1.807, 2.05) is 0 Å². The van der Waals surface area contributed by atoms with Crippen molar-refractivity contribution in [3.8, 4) is 5.75 Å². The van der Waals surface area contributed by atoms with Crippen molar-refractivity contribution in [3.63, 3.8) is 0 Å². The second-order valence-electron chi connectivity index (χ2n) is 4.28. The summed E-state index contributed by atoms with van der Waals surface area (Å²) in [5, 5.41) is 0. The van der Waals surface area contributed by atoms with Gasteiger partial charge in [0.15, 0.2) is 9.84 Å². The van der Waals surface area contributed by atoms with E-state index in [1.54, 1.807) is 30.3 Å². The summed E-state index contributed by atoms with van der Waals surface area (Å²) < 4.78 is 30.8. The van der Waals surface area contributed by atoms with Gasteiger partial charge in [-0.2, -0.15) is 0 Å². The summed E-state index contributed by atoms with van der Waals surface area (Å²) >= 11 is 3.33. The number of benzene rings is 2. The molecular formula is C14H14BrNO3S. The number of methoxy groups -OCH3 is 1. The van der Waals surface area contributed by atoms with Crippen LogP contribution in [-0.2, 0) is 15.6 Å². The highest BCUT2D eigenvalue weighted by atomic mass is 79.9. The van der Waals surface area contributed by atoms with Crippen LogP contribution in [0.15, 0.2) is 51.8 Å². The van der Waals surface area contributed by atoms with Crippen LogP contribution in [-0.4, -0.2) is 15.5 Å². The molecule has 0 aromatic heterocycles. The second kappa shape index (κ2) is 5.85. The van der Waals surface area contributed by atoms with Gasteiger partial charge in [-0.3, -0.25) is 0 Å². The molecule has 0 bridgehead atoms. The monoisotopic (exact) mass is 355 g/mol. The van der Waals surface area contributed by atoms with Crippen molar-refractivity contribution in [2.45, 2.75) is 10.6 Å². The third kappa shape index (κ3) is 3.32. The molecule has 4 nitrogen and oxygen atoms in total. The van der Waals surface area contributed by atoms with Crippen molar-refractivity contribution in [3.05, 3.63) is 52.5 Å². The van der Waals surface area contributed by atoms with Crippen LogP contribution in [0, 0.1) is 0 Å². The minimum absolute atomic E-state index is 0.125. The molecule has 106 valence electrons. The minimum Gasteiger partial charge on any atom is -0.496 e. The van der Waals surface area contributed by atoms with E-state index in [-0.39, 0.29) is 10.6 Å². The standard InChI is InChI=1S/C14H14BrNO3S/c1-19-14-7-2-11(15)8-10(14)9-20(17,18)13-5-3-12(16)4-6-13/h2-8H,9,16H2,1H3. The molecule has 0 spiro atoms. The SMILES string of the molecule is COc1ccc(Br)cc1CS(=O)(=O)c1ccc(N)cc1. The molecule has 0 aliphatic heterocycles. The van der Waals surface area contributed by atoms with Crippen LogP contribution in [0.1, 0.15) is 5.56 Å². The van der Waals surface area contributed by atoms with Gasteiger partial charge in [0, 0.05) is 15.7 Å². The molecule has 0 saturated heterocycles. The molecule has 20 heavy (non-hydrogen) atoms. The van der Waals surface area contributed by atoms with Crippen LogP contribution in [0.3, 0.4) is 0 Å². The highest BCUT2D eigenvalue weighted by Gasteiger charge is 2.18. The Morgan fingerprint density at radius 3 is 2.40 bits per heavy atom. The Bertz CT molecular complexity index is 712. The molecule has 0 fully saturated rings. The van der Waals surface area contributed by atoms with Gasteiger partial charge in [-0.05, 0) is 42.5 Å². The van der Waals surface area contributed by atoms with E-state index >= 15 is 0 Å². The Morgan fingerprint density at radius 1 is 1.15 bits per heavy atom. The van der Waals surface area contributed by atoms with Gasteiger partial charge in [-0.15, -0.1) is 0 Å². The average Bonchev–Trinajstić information content (AvgIpc) is 2.39. The van der Waals surface area contributed by atoms with Gasteiger partial charge in [0.25, 0.3) is 0 Å². The Balaban J connectivity index is 2.37. The van der Waals surface area contributed by atoms with Crippen molar-refractivity contribution < 1.29 is 13.2 Å². The topological polar surface area (TPSA) is 69.4 Å². The molecule has 0 atom stereocenters. The van der Waals surface area contributed by atoms with E-state index in [0.29, 0.717) is 17.0 Å².